The molecular formula is C17H22O3S. The first-order valence-corrected chi connectivity index (χ1v) is 9.34. The molecule has 0 aromatic heterocycles. The van der Waals surface area contributed by atoms with Crippen molar-refractivity contribution in [1.29, 1.82) is 0 Å². The Morgan fingerprint density at radius 1 is 1.10 bits per heavy atom. The van der Waals surface area contributed by atoms with Gasteiger partial charge in [-0.3, -0.25) is 4.79 Å². The van der Waals surface area contributed by atoms with Crippen LogP contribution < -0.4 is 0 Å². The van der Waals surface area contributed by atoms with E-state index in [4.69, 9.17) is 0 Å². The molecule has 2 atom stereocenters. The number of carbonyl (C=O) groups is 1. The fraction of sp³-hybridized carbons (Fsp3) is 0.588. The first kappa shape index (κ1) is 14.8. The highest BCUT2D eigenvalue weighted by atomic mass is 32.2. The fourth-order valence-corrected chi connectivity index (χ4v) is 6.38. The average molecular weight is 306 g/mol. The lowest BCUT2D eigenvalue weighted by Gasteiger charge is -2.38. The zero-order chi connectivity index (χ0) is 15.2. The molecule has 3 nitrogen and oxygen atoms in total. The minimum absolute atomic E-state index is 0.121. The molecule has 1 aromatic carbocycles. The maximum Gasteiger partial charge on any atom is 0.166 e. The topological polar surface area (TPSA) is 51.2 Å². The molecule has 4 heteroatoms. The number of hydrogen-bond donors (Lipinski definition) is 0. The lowest BCUT2D eigenvalue weighted by atomic mass is 9.83. The van der Waals surface area contributed by atoms with E-state index in [0.717, 1.165) is 36.0 Å². The van der Waals surface area contributed by atoms with Crippen molar-refractivity contribution in [1.82, 2.24) is 0 Å². The van der Waals surface area contributed by atoms with Crippen molar-refractivity contribution in [3.63, 3.8) is 0 Å². The van der Waals surface area contributed by atoms with Crippen molar-refractivity contribution in [2.45, 2.75) is 56.5 Å². The van der Waals surface area contributed by atoms with Crippen LogP contribution in [0.15, 0.2) is 18.2 Å². The molecule has 2 aliphatic rings. The third kappa shape index (κ3) is 2.54. The first-order chi connectivity index (χ1) is 9.89. The highest BCUT2D eigenvalue weighted by Crippen LogP contribution is 2.40. The maximum absolute atomic E-state index is 12.8. The number of Topliss-reactive ketones (excluding diaryl/α,β-unsaturated/α-hetero) is 1. The summed E-state index contributed by atoms with van der Waals surface area (Å²) < 4.78 is 24.6. The zero-order valence-electron chi connectivity index (χ0n) is 12.6. The summed E-state index contributed by atoms with van der Waals surface area (Å²) in [5.74, 6) is 0.0207. The summed E-state index contributed by atoms with van der Waals surface area (Å²) in [5.41, 5.74) is 2.84. The Balaban J connectivity index is 1.89. The first-order valence-electron chi connectivity index (χ1n) is 7.74. The SMILES string of the molecule is Cc1ccc(C)c(C(=O)C2CC3CCCC(C2)S3(=O)=O)c1. The van der Waals surface area contributed by atoms with Crippen LogP contribution >= 0.6 is 0 Å². The number of benzene rings is 1. The van der Waals surface area contributed by atoms with Crippen LogP contribution in [0.2, 0.25) is 0 Å². The van der Waals surface area contributed by atoms with E-state index < -0.39 is 9.84 Å². The van der Waals surface area contributed by atoms with Gasteiger partial charge in [0.05, 0.1) is 10.5 Å². The van der Waals surface area contributed by atoms with Crippen LogP contribution in [0.3, 0.4) is 0 Å². The maximum atomic E-state index is 12.8. The fourth-order valence-electron chi connectivity index (χ4n) is 3.84. The summed E-state index contributed by atoms with van der Waals surface area (Å²) in [6, 6.07) is 5.92. The highest BCUT2D eigenvalue weighted by molar-refractivity contribution is 7.92. The van der Waals surface area contributed by atoms with Crippen LogP contribution in [0.1, 0.15) is 53.6 Å². The van der Waals surface area contributed by atoms with E-state index in [0.29, 0.717) is 12.8 Å². The Labute approximate surface area is 126 Å². The van der Waals surface area contributed by atoms with E-state index in [1.807, 2.05) is 32.0 Å². The molecule has 2 aliphatic heterocycles. The van der Waals surface area contributed by atoms with E-state index in [9.17, 15) is 13.2 Å². The number of fused-ring (bicyclic) bond motifs is 2. The normalized spacial score (nSPS) is 30.9. The molecule has 0 amide bonds. The molecule has 0 N–H and O–H groups in total. The lowest BCUT2D eigenvalue weighted by molar-refractivity contribution is 0.0893. The molecule has 2 fully saturated rings. The zero-order valence-corrected chi connectivity index (χ0v) is 13.4. The number of rotatable bonds is 2. The van der Waals surface area contributed by atoms with Crippen LogP contribution in [0.4, 0.5) is 0 Å². The van der Waals surface area contributed by atoms with E-state index in [1.54, 1.807) is 0 Å². The van der Waals surface area contributed by atoms with Crippen LogP contribution in [0, 0.1) is 19.8 Å². The lowest BCUT2D eigenvalue weighted by Crippen LogP contribution is -2.45. The molecule has 21 heavy (non-hydrogen) atoms. The van der Waals surface area contributed by atoms with Gasteiger partial charge in [-0.15, -0.1) is 0 Å². The van der Waals surface area contributed by atoms with Crippen molar-refractivity contribution >= 4 is 15.6 Å². The molecule has 2 saturated heterocycles. The molecule has 0 aliphatic carbocycles. The molecule has 2 heterocycles. The van der Waals surface area contributed by atoms with Crippen LogP contribution in [0.5, 0.6) is 0 Å². The van der Waals surface area contributed by atoms with Gasteiger partial charge in [0, 0.05) is 11.5 Å². The predicted octanol–water partition coefficient (Wildman–Crippen LogP) is 3.23. The van der Waals surface area contributed by atoms with Gasteiger partial charge in [0.25, 0.3) is 0 Å². The average Bonchev–Trinajstić information content (AvgIpc) is 2.39. The molecule has 0 spiro atoms. The Morgan fingerprint density at radius 2 is 1.71 bits per heavy atom. The van der Waals surface area contributed by atoms with E-state index in [-0.39, 0.29) is 22.2 Å². The summed E-state index contributed by atoms with van der Waals surface area (Å²) in [4.78, 5) is 12.8. The highest BCUT2D eigenvalue weighted by Gasteiger charge is 2.46. The van der Waals surface area contributed by atoms with Gasteiger partial charge in [-0.05, 0) is 51.2 Å². The largest absolute Gasteiger partial charge is 0.294 e. The molecule has 2 bridgehead atoms. The van der Waals surface area contributed by atoms with Gasteiger partial charge >= 0.3 is 0 Å². The number of aryl methyl sites for hydroxylation is 2. The van der Waals surface area contributed by atoms with E-state index in [2.05, 4.69) is 0 Å². The molecule has 2 unspecified atom stereocenters. The summed E-state index contributed by atoms with van der Waals surface area (Å²) in [6.45, 7) is 3.93. The van der Waals surface area contributed by atoms with Gasteiger partial charge in [-0.25, -0.2) is 8.42 Å². The third-order valence-corrected chi connectivity index (χ3v) is 7.82. The van der Waals surface area contributed by atoms with E-state index in [1.165, 1.54) is 0 Å². The Morgan fingerprint density at radius 3 is 2.33 bits per heavy atom. The van der Waals surface area contributed by atoms with E-state index >= 15 is 0 Å². The summed E-state index contributed by atoms with van der Waals surface area (Å²) in [6.07, 6.45) is 3.49. The minimum Gasteiger partial charge on any atom is -0.294 e. The quantitative estimate of drug-likeness (QED) is 0.788. The van der Waals surface area contributed by atoms with Crippen molar-refractivity contribution in [2.24, 2.45) is 5.92 Å². The Hall–Kier alpha value is -1.16. The summed E-state index contributed by atoms with van der Waals surface area (Å²) in [7, 11) is -2.98. The summed E-state index contributed by atoms with van der Waals surface area (Å²) in [5, 5.41) is -0.576. The van der Waals surface area contributed by atoms with Crippen LogP contribution in [-0.4, -0.2) is 24.7 Å². The van der Waals surface area contributed by atoms with Gasteiger partial charge in [0.2, 0.25) is 0 Å². The molecule has 1 aromatic rings. The number of hydrogen-bond acceptors (Lipinski definition) is 3. The second-order valence-corrected chi connectivity index (χ2v) is 9.13. The molecule has 3 rings (SSSR count). The van der Waals surface area contributed by atoms with Crippen molar-refractivity contribution in [2.75, 3.05) is 0 Å². The third-order valence-electron chi connectivity index (χ3n) is 5.11. The van der Waals surface area contributed by atoms with Crippen LogP contribution in [0.25, 0.3) is 0 Å². The molecule has 114 valence electrons. The van der Waals surface area contributed by atoms with Crippen molar-refractivity contribution < 1.29 is 13.2 Å². The van der Waals surface area contributed by atoms with Gasteiger partial charge in [-0.2, -0.15) is 0 Å². The standard InChI is InChI=1S/C17H22O3S/c1-11-6-7-12(2)16(8-11)17(18)13-9-14-4-3-5-15(10-13)21(14,19)20/h6-8,13-15H,3-5,9-10H2,1-2H3. The van der Waals surface area contributed by atoms with Gasteiger partial charge in [0.1, 0.15) is 0 Å². The van der Waals surface area contributed by atoms with Crippen LogP contribution in [-0.2, 0) is 9.84 Å². The van der Waals surface area contributed by atoms with Gasteiger partial charge in [0.15, 0.2) is 15.6 Å². The van der Waals surface area contributed by atoms with Crippen molar-refractivity contribution in [3.05, 3.63) is 34.9 Å². The van der Waals surface area contributed by atoms with Crippen molar-refractivity contribution in [3.8, 4) is 0 Å². The Bertz CT molecular complexity index is 655. The molecule has 0 radical (unpaired) electrons. The second kappa shape index (κ2) is 5.24. The smallest absolute Gasteiger partial charge is 0.166 e. The Kier molecular flexibility index (Phi) is 3.68. The molecular weight excluding hydrogens is 284 g/mol. The summed E-state index contributed by atoms with van der Waals surface area (Å²) >= 11 is 0. The molecule has 0 saturated carbocycles. The number of carbonyl (C=O) groups excluding carboxylic acids is 1. The minimum atomic E-state index is -2.98. The van der Waals surface area contributed by atoms with Gasteiger partial charge in [-0.1, -0.05) is 24.1 Å². The number of sulfone groups is 1. The van der Waals surface area contributed by atoms with Gasteiger partial charge < -0.3 is 0 Å². The second-order valence-electron chi connectivity index (χ2n) is 6.61. The number of ketones is 1. The predicted molar refractivity (Wildman–Crippen MR) is 83.3 cm³/mol. The monoisotopic (exact) mass is 306 g/mol.